The summed E-state index contributed by atoms with van der Waals surface area (Å²) in [6, 6.07) is 3.68. The number of aromatic nitrogens is 1. The number of carbonyl (C=O) groups excluding carboxylic acids is 1. The van der Waals surface area contributed by atoms with Crippen LogP contribution in [0.5, 0.6) is 0 Å². The molecular weight excluding hydrogens is 294 g/mol. The first kappa shape index (κ1) is 13.4. The Balaban J connectivity index is 1.68. The maximum absolute atomic E-state index is 12.1. The molecule has 3 rings (SSSR count). The summed E-state index contributed by atoms with van der Waals surface area (Å²) in [4.78, 5) is 18.6. The van der Waals surface area contributed by atoms with Gasteiger partial charge in [-0.15, -0.1) is 11.3 Å². The third kappa shape index (κ3) is 2.64. The minimum Gasteiger partial charge on any atom is -0.397 e. The molecule has 1 aliphatic carbocycles. The van der Waals surface area contributed by atoms with Crippen LogP contribution in [-0.4, -0.2) is 10.9 Å². The van der Waals surface area contributed by atoms with Crippen molar-refractivity contribution in [2.45, 2.75) is 25.8 Å². The van der Waals surface area contributed by atoms with E-state index in [9.17, 15) is 4.79 Å². The van der Waals surface area contributed by atoms with Crippen LogP contribution in [0.3, 0.4) is 0 Å². The predicted molar refractivity (Wildman–Crippen MR) is 81.2 cm³/mol. The van der Waals surface area contributed by atoms with Gasteiger partial charge in [0, 0.05) is 9.75 Å². The molecular formula is C14H14ClN3OS. The number of hydrogen-bond acceptors (Lipinski definition) is 4. The molecule has 0 aromatic carbocycles. The Labute approximate surface area is 126 Å². The Morgan fingerprint density at radius 3 is 3.10 bits per heavy atom. The van der Waals surface area contributed by atoms with E-state index in [-0.39, 0.29) is 11.1 Å². The second-order valence-corrected chi connectivity index (χ2v) is 6.40. The van der Waals surface area contributed by atoms with E-state index in [2.05, 4.69) is 16.4 Å². The highest BCUT2D eigenvalue weighted by molar-refractivity contribution is 7.12. The van der Waals surface area contributed by atoms with Gasteiger partial charge in [-0.3, -0.25) is 4.79 Å². The molecule has 4 nitrogen and oxygen atoms in total. The van der Waals surface area contributed by atoms with E-state index in [4.69, 9.17) is 17.3 Å². The third-order valence-corrected chi connectivity index (χ3v) is 4.81. The molecule has 2 aromatic heterocycles. The van der Waals surface area contributed by atoms with Crippen molar-refractivity contribution in [1.29, 1.82) is 0 Å². The predicted octanol–water partition coefficient (Wildman–Crippen LogP) is 2.80. The summed E-state index contributed by atoms with van der Waals surface area (Å²) in [7, 11) is 0. The highest BCUT2D eigenvalue weighted by atomic mass is 35.5. The standard InChI is InChI=1S/C14H14ClN3OS/c15-13-5-10(11(16)7-17-13)14(19)18-6-9-4-8-2-1-3-12(8)20-9/h4-5,7H,1-3,6,16H2,(H,18,19). The molecule has 0 radical (unpaired) electrons. The number of halogens is 1. The Morgan fingerprint density at radius 2 is 2.30 bits per heavy atom. The Hall–Kier alpha value is -1.59. The second kappa shape index (κ2) is 5.42. The van der Waals surface area contributed by atoms with Gasteiger partial charge in [0.05, 0.1) is 24.0 Å². The summed E-state index contributed by atoms with van der Waals surface area (Å²) < 4.78 is 0. The van der Waals surface area contributed by atoms with Crippen molar-refractivity contribution in [3.8, 4) is 0 Å². The van der Waals surface area contributed by atoms with Crippen molar-refractivity contribution < 1.29 is 4.79 Å². The SMILES string of the molecule is Nc1cnc(Cl)cc1C(=O)NCc1cc2c(s1)CCC2. The van der Waals surface area contributed by atoms with Crippen molar-refractivity contribution in [1.82, 2.24) is 10.3 Å². The molecule has 20 heavy (non-hydrogen) atoms. The number of nitrogens with one attached hydrogen (secondary N) is 1. The van der Waals surface area contributed by atoms with E-state index in [0.717, 1.165) is 6.42 Å². The minimum atomic E-state index is -0.222. The fraction of sp³-hybridized carbons (Fsp3) is 0.286. The first-order valence-corrected chi connectivity index (χ1v) is 7.62. The fourth-order valence-electron chi connectivity index (χ4n) is 2.38. The van der Waals surface area contributed by atoms with Crippen LogP contribution in [0.1, 0.15) is 32.1 Å². The van der Waals surface area contributed by atoms with E-state index in [1.807, 2.05) is 0 Å². The molecule has 0 bridgehead atoms. The van der Waals surface area contributed by atoms with Crippen LogP contribution >= 0.6 is 22.9 Å². The summed E-state index contributed by atoms with van der Waals surface area (Å²) in [5.74, 6) is -0.222. The van der Waals surface area contributed by atoms with E-state index >= 15 is 0 Å². The number of nitrogens with two attached hydrogens (primary N) is 1. The molecule has 2 aromatic rings. The zero-order chi connectivity index (χ0) is 14.1. The highest BCUT2D eigenvalue weighted by Crippen LogP contribution is 2.30. The molecule has 0 saturated heterocycles. The van der Waals surface area contributed by atoms with Gasteiger partial charge >= 0.3 is 0 Å². The van der Waals surface area contributed by atoms with Crippen molar-refractivity contribution >= 4 is 34.5 Å². The molecule has 0 atom stereocenters. The van der Waals surface area contributed by atoms with Crippen molar-refractivity contribution in [2.24, 2.45) is 0 Å². The van der Waals surface area contributed by atoms with Gasteiger partial charge in [-0.1, -0.05) is 11.6 Å². The van der Waals surface area contributed by atoms with Crippen LogP contribution in [0.25, 0.3) is 0 Å². The molecule has 0 spiro atoms. The molecule has 0 unspecified atom stereocenters. The summed E-state index contributed by atoms with van der Waals surface area (Å²) in [5.41, 5.74) is 7.88. The lowest BCUT2D eigenvalue weighted by Crippen LogP contribution is -2.23. The molecule has 0 saturated carbocycles. The molecule has 0 fully saturated rings. The number of nitrogen functional groups attached to an aromatic ring is 1. The summed E-state index contributed by atoms with van der Waals surface area (Å²) in [6.45, 7) is 0.524. The first-order chi connectivity index (χ1) is 9.63. The Morgan fingerprint density at radius 1 is 1.45 bits per heavy atom. The van der Waals surface area contributed by atoms with Gasteiger partial charge in [0.15, 0.2) is 0 Å². The number of carbonyl (C=O) groups is 1. The molecule has 3 N–H and O–H groups in total. The summed E-state index contributed by atoms with van der Waals surface area (Å²) in [5, 5.41) is 3.14. The maximum atomic E-state index is 12.1. The highest BCUT2D eigenvalue weighted by Gasteiger charge is 2.16. The van der Waals surface area contributed by atoms with Gasteiger partial charge in [-0.05, 0) is 37.0 Å². The number of hydrogen-bond donors (Lipinski definition) is 2. The van der Waals surface area contributed by atoms with Crippen molar-refractivity contribution in [3.63, 3.8) is 0 Å². The second-order valence-electron chi connectivity index (χ2n) is 4.79. The fourth-order valence-corrected chi connectivity index (χ4v) is 3.74. The average Bonchev–Trinajstić information content (AvgIpc) is 2.99. The first-order valence-electron chi connectivity index (χ1n) is 6.43. The number of anilines is 1. The molecule has 0 aliphatic heterocycles. The topological polar surface area (TPSA) is 68.0 Å². The Kier molecular flexibility index (Phi) is 3.63. The summed E-state index contributed by atoms with van der Waals surface area (Å²) in [6.07, 6.45) is 4.98. The van der Waals surface area contributed by atoms with Crippen LogP contribution in [0, 0.1) is 0 Å². The van der Waals surface area contributed by atoms with E-state index < -0.39 is 0 Å². The molecule has 2 heterocycles. The van der Waals surface area contributed by atoms with Gasteiger partial charge in [0.25, 0.3) is 5.91 Å². The maximum Gasteiger partial charge on any atom is 0.253 e. The van der Waals surface area contributed by atoms with Gasteiger partial charge < -0.3 is 11.1 Å². The lowest BCUT2D eigenvalue weighted by atomic mass is 10.2. The molecule has 6 heteroatoms. The smallest absolute Gasteiger partial charge is 0.253 e. The van der Waals surface area contributed by atoms with Crippen LogP contribution in [0.15, 0.2) is 18.3 Å². The van der Waals surface area contributed by atoms with Crippen molar-refractivity contribution in [3.05, 3.63) is 44.4 Å². The van der Waals surface area contributed by atoms with Gasteiger partial charge in [0.2, 0.25) is 0 Å². The van der Waals surface area contributed by atoms with E-state index in [0.29, 0.717) is 17.8 Å². The molecule has 104 valence electrons. The average molecular weight is 308 g/mol. The van der Waals surface area contributed by atoms with Crippen LogP contribution in [-0.2, 0) is 19.4 Å². The van der Waals surface area contributed by atoms with Gasteiger partial charge in [0.1, 0.15) is 5.15 Å². The number of rotatable bonds is 3. The number of pyridine rings is 1. The molecule has 1 aliphatic rings. The Bertz CT molecular complexity index is 647. The van der Waals surface area contributed by atoms with Crippen LogP contribution < -0.4 is 11.1 Å². The number of fused-ring (bicyclic) bond motifs is 1. The van der Waals surface area contributed by atoms with E-state index in [1.54, 1.807) is 11.3 Å². The third-order valence-electron chi connectivity index (χ3n) is 3.37. The normalized spacial score (nSPS) is 13.2. The number of nitrogens with zero attached hydrogens (tertiary/aromatic N) is 1. The number of amides is 1. The van der Waals surface area contributed by atoms with Gasteiger partial charge in [-0.2, -0.15) is 0 Å². The minimum absolute atomic E-state index is 0.222. The lowest BCUT2D eigenvalue weighted by Gasteiger charge is -2.06. The quantitative estimate of drug-likeness (QED) is 0.857. The number of thiophene rings is 1. The molecule has 1 amide bonds. The largest absolute Gasteiger partial charge is 0.397 e. The van der Waals surface area contributed by atoms with E-state index in [1.165, 1.54) is 40.4 Å². The summed E-state index contributed by atoms with van der Waals surface area (Å²) >= 11 is 7.57. The lowest BCUT2D eigenvalue weighted by molar-refractivity contribution is 0.0952. The zero-order valence-corrected chi connectivity index (χ0v) is 12.4. The zero-order valence-electron chi connectivity index (χ0n) is 10.8. The monoisotopic (exact) mass is 307 g/mol. The van der Waals surface area contributed by atoms with Gasteiger partial charge in [-0.25, -0.2) is 4.98 Å². The number of aryl methyl sites for hydroxylation is 2. The van der Waals surface area contributed by atoms with Crippen molar-refractivity contribution in [2.75, 3.05) is 5.73 Å². The van der Waals surface area contributed by atoms with Crippen LogP contribution in [0.2, 0.25) is 5.15 Å². The van der Waals surface area contributed by atoms with Crippen LogP contribution in [0.4, 0.5) is 5.69 Å².